The normalized spacial score (nSPS) is 10.2. The van der Waals surface area contributed by atoms with E-state index >= 15 is 0 Å². The Bertz CT molecular complexity index is 529. The van der Waals surface area contributed by atoms with Crippen LogP contribution in [0.25, 0.3) is 0 Å². The van der Waals surface area contributed by atoms with Crippen LogP contribution in [0.3, 0.4) is 0 Å². The molecule has 0 atom stereocenters. The van der Waals surface area contributed by atoms with E-state index in [0.717, 1.165) is 37.7 Å². The van der Waals surface area contributed by atoms with Gasteiger partial charge in [0.1, 0.15) is 11.6 Å². The summed E-state index contributed by atoms with van der Waals surface area (Å²) in [6.45, 7) is 4.76. The number of hydrogen-bond acceptors (Lipinski definition) is 5. The molecule has 0 saturated heterocycles. The summed E-state index contributed by atoms with van der Waals surface area (Å²) in [6.07, 6.45) is 4.53. The van der Waals surface area contributed by atoms with E-state index in [-0.39, 0.29) is 0 Å². The van der Waals surface area contributed by atoms with Crippen LogP contribution in [-0.2, 0) is 0 Å². The second kappa shape index (κ2) is 8.09. The lowest BCUT2D eigenvalue weighted by Crippen LogP contribution is -2.20. The summed E-state index contributed by atoms with van der Waals surface area (Å²) in [6, 6.07) is 10.4. The zero-order valence-corrected chi connectivity index (χ0v) is 12.7. The molecule has 0 aliphatic heterocycles. The van der Waals surface area contributed by atoms with Gasteiger partial charge < -0.3 is 15.5 Å². The molecule has 0 radical (unpaired) electrons. The van der Waals surface area contributed by atoms with Gasteiger partial charge in [0.2, 0.25) is 0 Å². The third-order valence-electron chi connectivity index (χ3n) is 3.17. The molecule has 0 aliphatic carbocycles. The number of benzene rings is 1. The monoisotopic (exact) mass is 285 g/mol. The van der Waals surface area contributed by atoms with Crippen LogP contribution in [0, 0.1) is 0 Å². The van der Waals surface area contributed by atoms with E-state index in [1.807, 2.05) is 13.0 Å². The number of nitrogens with zero attached hydrogens (tertiary/aromatic N) is 3. The van der Waals surface area contributed by atoms with Crippen molar-refractivity contribution in [2.45, 2.75) is 13.3 Å². The Morgan fingerprint density at radius 2 is 1.76 bits per heavy atom. The van der Waals surface area contributed by atoms with Gasteiger partial charge >= 0.3 is 0 Å². The van der Waals surface area contributed by atoms with E-state index in [9.17, 15) is 0 Å². The van der Waals surface area contributed by atoms with Crippen LogP contribution in [0.1, 0.15) is 13.3 Å². The average molecular weight is 285 g/mol. The van der Waals surface area contributed by atoms with E-state index < -0.39 is 0 Å². The molecule has 112 valence electrons. The second-order valence-corrected chi connectivity index (χ2v) is 4.86. The van der Waals surface area contributed by atoms with Gasteiger partial charge in [-0.2, -0.15) is 0 Å². The van der Waals surface area contributed by atoms with E-state index in [0.29, 0.717) is 0 Å². The number of hydrogen-bond donors (Lipinski definition) is 2. The van der Waals surface area contributed by atoms with Crippen LogP contribution in [0.15, 0.2) is 42.7 Å². The molecule has 2 N–H and O–H groups in total. The lowest BCUT2D eigenvalue weighted by Gasteiger charge is -2.19. The van der Waals surface area contributed by atoms with Gasteiger partial charge in [-0.25, -0.2) is 4.98 Å². The number of aromatic nitrogens is 2. The zero-order valence-electron chi connectivity index (χ0n) is 12.7. The molecule has 21 heavy (non-hydrogen) atoms. The minimum absolute atomic E-state index is 0.809. The Hall–Kier alpha value is -2.30. The first-order valence-corrected chi connectivity index (χ1v) is 7.35. The Morgan fingerprint density at radius 3 is 2.48 bits per heavy atom. The highest BCUT2D eigenvalue weighted by molar-refractivity contribution is 5.45. The maximum atomic E-state index is 4.44. The summed E-state index contributed by atoms with van der Waals surface area (Å²) in [5.41, 5.74) is 1.24. The molecular formula is C16H23N5. The molecule has 0 fully saturated rings. The quantitative estimate of drug-likeness (QED) is 0.730. The van der Waals surface area contributed by atoms with E-state index in [4.69, 9.17) is 0 Å². The fourth-order valence-electron chi connectivity index (χ4n) is 2.06. The highest BCUT2D eigenvalue weighted by atomic mass is 15.1. The second-order valence-electron chi connectivity index (χ2n) is 4.86. The standard InChI is InChI=1S/C16H23N5/c1-3-18-15-12-17-13-16(20-15)19-10-7-11-21(2)14-8-5-4-6-9-14/h4-6,8-9,12-13H,3,7,10-11H2,1-2H3,(H2,18,19,20). The van der Waals surface area contributed by atoms with Crippen molar-refractivity contribution >= 4 is 17.3 Å². The smallest absolute Gasteiger partial charge is 0.146 e. The van der Waals surface area contributed by atoms with Gasteiger partial charge in [0, 0.05) is 32.4 Å². The van der Waals surface area contributed by atoms with Crippen molar-refractivity contribution < 1.29 is 0 Å². The molecule has 1 aromatic carbocycles. The SMILES string of the molecule is CCNc1cncc(NCCCN(C)c2ccccc2)n1. The van der Waals surface area contributed by atoms with Crippen LogP contribution in [-0.4, -0.2) is 36.6 Å². The van der Waals surface area contributed by atoms with E-state index in [2.05, 4.69) is 56.8 Å². The Morgan fingerprint density at radius 1 is 1.05 bits per heavy atom. The molecule has 1 aromatic heterocycles. The minimum atomic E-state index is 0.809. The zero-order chi connectivity index (χ0) is 14.9. The predicted octanol–water partition coefficient (Wildman–Crippen LogP) is 2.85. The van der Waals surface area contributed by atoms with Crippen LogP contribution in [0.4, 0.5) is 17.3 Å². The molecule has 2 rings (SSSR count). The molecule has 0 saturated carbocycles. The predicted molar refractivity (Wildman–Crippen MR) is 89.0 cm³/mol. The molecule has 0 bridgehead atoms. The highest BCUT2D eigenvalue weighted by Gasteiger charge is 2.00. The third-order valence-corrected chi connectivity index (χ3v) is 3.17. The summed E-state index contributed by atoms with van der Waals surface area (Å²) in [4.78, 5) is 10.9. The topological polar surface area (TPSA) is 53.1 Å². The molecule has 5 heteroatoms. The van der Waals surface area contributed by atoms with E-state index in [1.54, 1.807) is 12.4 Å². The summed E-state index contributed by atoms with van der Waals surface area (Å²) < 4.78 is 0. The van der Waals surface area contributed by atoms with Crippen LogP contribution < -0.4 is 15.5 Å². The molecule has 0 aliphatic rings. The van der Waals surface area contributed by atoms with Crippen LogP contribution >= 0.6 is 0 Å². The lowest BCUT2D eigenvalue weighted by atomic mass is 10.3. The largest absolute Gasteiger partial charge is 0.375 e. The van der Waals surface area contributed by atoms with Gasteiger partial charge in [0.15, 0.2) is 0 Å². The third kappa shape index (κ3) is 4.95. The van der Waals surface area contributed by atoms with Gasteiger partial charge in [0.25, 0.3) is 0 Å². The Balaban J connectivity index is 1.73. The molecule has 1 heterocycles. The highest BCUT2D eigenvalue weighted by Crippen LogP contribution is 2.11. The first-order chi connectivity index (χ1) is 10.3. The molecule has 5 nitrogen and oxygen atoms in total. The maximum Gasteiger partial charge on any atom is 0.146 e. The van der Waals surface area contributed by atoms with Gasteiger partial charge in [-0.15, -0.1) is 0 Å². The van der Waals surface area contributed by atoms with Crippen molar-refractivity contribution in [2.75, 3.05) is 42.2 Å². The van der Waals surface area contributed by atoms with Gasteiger partial charge in [-0.05, 0) is 25.5 Å². The average Bonchev–Trinajstić information content (AvgIpc) is 2.53. The number of nitrogens with one attached hydrogen (secondary N) is 2. The Labute approximate surface area is 126 Å². The molecule has 0 unspecified atom stereocenters. The first kappa shape index (κ1) is 15.1. The fraction of sp³-hybridized carbons (Fsp3) is 0.375. The lowest BCUT2D eigenvalue weighted by molar-refractivity contribution is 0.813. The molecule has 0 spiro atoms. The van der Waals surface area contributed by atoms with Crippen molar-refractivity contribution in [2.24, 2.45) is 0 Å². The molecule has 0 amide bonds. The fourth-order valence-corrected chi connectivity index (χ4v) is 2.06. The van der Waals surface area contributed by atoms with E-state index in [1.165, 1.54) is 5.69 Å². The van der Waals surface area contributed by atoms with Crippen molar-refractivity contribution in [3.8, 4) is 0 Å². The maximum absolute atomic E-state index is 4.44. The summed E-state index contributed by atoms with van der Waals surface area (Å²) >= 11 is 0. The number of anilines is 3. The first-order valence-electron chi connectivity index (χ1n) is 7.35. The minimum Gasteiger partial charge on any atom is -0.375 e. The van der Waals surface area contributed by atoms with Gasteiger partial charge in [-0.3, -0.25) is 4.98 Å². The van der Waals surface area contributed by atoms with Gasteiger partial charge in [-0.1, -0.05) is 18.2 Å². The van der Waals surface area contributed by atoms with Crippen molar-refractivity contribution in [1.29, 1.82) is 0 Å². The van der Waals surface area contributed by atoms with Crippen molar-refractivity contribution in [3.05, 3.63) is 42.7 Å². The number of para-hydroxylation sites is 1. The molecule has 2 aromatic rings. The molecular weight excluding hydrogens is 262 g/mol. The summed E-state index contributed by atoms with van der Waals surface area (Å²) in [7, 11) is 2.11. The Kier molecular flexibility index (Phi) is 5.82. The summed E-state index contributed by atoms with van der Waals surface area (Å²) in [5.74, 6) is 1.62. The van der Waals surface area contributed by atoms with Crippen molar-refractivity contribution in [3.63, 3.8) is 0 Å². The summed E-state index contributed by atoms with van der Waals surface area (Å²) in [5, 5.41) is 6.47. The van der Waals surface area contributed by atoms with Gasteiger partial charge in [0.05, 0.1) is 12.4 Å². The van der Waals surface area contributed by atoms with Crippen LogP contribution in [0.5, 0.6) is 0 Å². The van der Waals surface area contributed by atoms with Crippen molar-refractivity contribution in [1.82, 2.24) is 9.97 Å². The van der Waals surface area contributed by atoms with Crippen LogP contribution in [0.2, 0.25) is 0 Å². The number of rotatable bonds is 8.